The third-order valence-corrected chi connectivity index (χ3v) is 4.61. The van der Waals surface area contributed by atoms with Crippen molar-refractivity contribution in [1.29, 1.82) is 0 Å². The molecule has 1 unspecified atom stereocenters. The summed E-state index contributed by atoms with van der Waals surface area (Å²) in [5, 5.41) is 3.54. The zero-order valence-corrected chi connectivity index (χ0v) is 15.5. The molecule has 1 aliphatic heterocycles. The molecule has 21 heavy (non-hydrogen) atoms. The van der Waals surface area contributed by atoms with Crippen molar-refractivity contribution in [3.63, 3.8) is 0 Å². The Balaban J connectivity index is 2.09. The van der Waals surface area contributed by atoms with Gasteiger partial charge in [0.15, 0.2) is 0 Å². The average Bonchev–Trinajstić information content (AvgIpc) is 2.37. The number of halogens is 1. The van der Waals surface area contributed by atoms with E-state index < -0.39 is 0 Å². The normalized spacial score (nSPS) is 20.9. The summed E-state index contributed by atoms with van der Waals surface area (Å²) in [4.78, 5) is 4.90. The molecule has 1 aromatic carbocycles. The Morgan fingerprint density at radius 2 is 2.00 bits per heavy atom. The van der Waals surface area contributed by atoms with Gasteiger partial charge in [0.05, 0.1) is 5.69 Å². The van der Waals surface area contributed by atoms with Crippen LogP contribution in [0.3, 0.4) is 0 Å². The third-order valence-electron chi connectivity index (χ3n) is 3.97. The third kappa shape index (κ3) is 4.70. The molecule has 0 bridgehead atoms. The minimum absolute atomic E-state index is 0.150. The van der Waals surface area contributed by atoms with E-state index in [1.807, 2.05) is 0 Å². The standard InChI is InChI=1S/C17H28BrN3/c1-13-12-20(5)8-9-21(13)16-7-6-14(10-15(16)18)11-19-17(2,3)4/h6-7,10,13,19H,8-9,11-12H2,1-5H3. The first-order valence-electron chi connectivity index (χ1n) is 7.75. The zero-order chi connectivity index (χ0) is 15.6. The first kappa shape index (κ1) is 16.8. The Kier molecular flexibility index (Phi) is 5.33. The number of nitrogens with zero attached hydrogens (tertiary/aromatic N) is 2. The van der Waals surface area contributed by atoms with Crippen LogP contribution in [0.5, 0.6) is 0 Å². The van der Waals surface area contributed by atoms with E-state index in [-0.39, 0.29) is 5.54 Å². The topological polar surface area (TPSA) is 18.5 Å². The van der Waals surface area contributed by atoms with Crippen LogP contribution in [0.25, 0.3) is 0 Å². The molecule has 0 spiro atoms. The van der Waals surface area contributed by atoms with Gasteiger partial charge in [0.2, 0.25) is 0 Å². The van der Waals surface area contributed by atoms with E-state index in [1.165, 1.54) is 15.7 Å². The largest absolute Gasteiger partial charge is 0.365 e. The van der Waals surface area contributed by atoms with E-state index in [1.54, 1.807) is 0 Å². The lowest BCUT2D eigenvalue weighted by Gasteiger charge is -2.40. The highest BCUT2D eigenvalue weighted by Gasteiger charge is 2.23. The van der Waals surface area contributed by atoms with Gasteiger partial charge in [-0.15, -0.1) is 0 Å². The molecule has 1 heterocycles. The zero-order valence-electron chi connectivity index (χ0n) is 13.9. The Bertz CT molecular complexity index is 481. The van der Waals surface area contributed by atoms with E-state index in [4.69, 9.17) is 0 Å². The lowest BCUT2D eigenvalue weighted by atomic mass is 10.1. The van der Waals surface area contributed by atoms with Gasteiger partial charge in [-0.2, -0.15) is 0 Å². The quantitative estimate of drug-likeness (QED) is 0.897. The van der Waals surface area contributed by atoms with Crippen molar-refractivity contribution in [2.75, 3.05) is 31.6 Å². The molecule has 1 aromatic rings. The second-order valence-corrected chi connectivity index (χ2v) is 8.05. The van der Waals surface area contributed by atoms with Crippen LogP contribution in [-0.2, 0) is 6.54 Å². The van der Waals surface area contributed by atoms with Crippen LogP contribution in [0.15, 0.2) is 22.7 Å². The maximum Gasteiger partial charge on any atom is 0.0514 e. The summed E-state index contributed by atoms with van der Waals surface area (Å²) >= 11 is 3.76. The van der Waals surface area contributed by atoms with Gasteiger partial charge in [-0.3, -0.25) is 0 Å². The number of nitrogens with one attached hydrogen (secondary N) is 1. The number of anilines is 1. The number of likely N-dealkylation sites (N-methyl/N-ethyl adjacent to an activating group) is 1. The van der Waals surface area contributed by atoms with Crippen LogP contribution >= 0.6 is 15.9 Å². The number of rotatable bonds is 3. The molecular formula is C17H28BrN3. The highest BCUT2D eigenvalue weighted by molar-refractivity contribution is 9.10. The van der Waals surface area contributed by atoms with Crippen LogP contribution in [-0.4, -0.2) is 43.2 Å². The van der Waals surface area contributed by atoms with Gasteiger partial charge < -0.3 is 15.1 Å². The number of benzene rings is 1. The van der Waals surface area contributed by atoms with Crippen LogP contribution < -0.4 is 10.2 Å². The molecule has 1 N–H and O–H groups in total. The lowest BCUT2D eigenvalue weighted by molar-refractivity contribution is 0.275. The predicted molar refractivity (Wildman–Crippen MR) is 95.0 cm³/mol. The second kappa shape index (κ2) is 6.67. The van der Waals surface area contributed by atoms with Crippen molar-refractivity contribution in [3.8, 4) is 0 Å². The molecule has 1 aliphatic rings. The fourth-order valence-corrected chi connectivity index (χ4v) is 3.41. The van der Waals surface area contributed by atoms with Crippen LogP contribution in [0.4, 0.5) is 5.69 Å². The minimum Gasteiger partial charge on any atom is -0.365 e. The summed E-state index contributed by atoms with van der Waals surface area (Å²) in [7, 11) is 2.20. The van der Waals surface area contributed by atoms with E-state index in [0.29, 0.717) is 6.04 Å². The maximum atomic E-state index is 3.76. The Labute approximate surface area is 137 Å². The molecule has 0 aliphatic carbocycles. The smallest absolute Gasteiger partial charge is 0.0514 e. The predicted octanol–water partition coefficient (Wildman–Crippen LogP) is 3.48. The van der Waals surface area contributed by atoms with Crippen molar-refractivity contribution >= 4 is 21.6 Å². The first-order valence-corrected chi connectivity index (χ1v) is 8.54. The summed E-state index contributed by atoms with van der Waals surface area (Å²) in [5.41, 5.74) is 2.79. The second-order valence-electron chi connectivity index (χ2n) is 7.19. The van der Waals surface area contributed by atoms with E-state index >= 15 is 0 Å². The van der Waals surface area contributed by atoms with Crippen molar-refractivity contribution in [3.05, 3.63) is 28.2 Å². The van der Waals surface area contributed by atoms with Gasteiger partial charge in [-0.1, -0.05) is 6.07 Å². The van der Waals surface area contributed by atoms with E-state index in [2.05, 4.69) is 84.0 Å². The molecule has 0 amide bonds. The average molecular weight is 354 g/mol. The molecule has 0 saturated carbocycles. The molecule has 0 aromatic heterocycles. The van der Waals surface area contributed by atoms with Gasteiger partial charge in [-0.05, 0) is 68.4 Å². The molecule has 118 valence electrons. The van der Waals surface area contributed by atoms with Crippen molar-refractivity contribution in [2.24, 2.45) is 0 Å². The molecular weight excluding hydrogens is 326 g/mol. The molecule has 2 rings (SSSR count). The Morgan fingerprint density at radius 3 is 2.57 bits per heavy atom. The summed E-state index contributed by atoms with van der Waals surface area (Å²) in [6, 6.07) is 7.30. The molecule has 4 heteroatoms. The monoisotopic (exact) mass is 353 g/mol. The SMILES string of the molecule is CC1CN(C)CCN1c1ccc(CNC(C)(C)C)cc1Br. The number of hydrogen-bond acceptors (Lipinski definition) is 3. The first-order chi connectivity index (χ1) is 9.76. The lowest BCUT2D eigenvalue weighted by Crippen LogP contribution is -2.50. The van der Waals surface area contributed by atoms with Gasteiger partial charge in [0.25, 0.3) is 0 Å². The van der Waals surface area contributed by atoms with Gasteiger partial charge in [0.1, 0.15) is 0 Å². The number of hydrogen-bond donors (Lipinski definition) is 1. The molecule has 1 saturated heterocycles. The highest BCUT2D eigenvalue weighted by atomic mass is 79.9. The summed E-state index contributed by atoms with van der Waals surface area (Å²) in [5.74, 6) is 0. The molecule has 0 radical (unpaired) electrons. The molecule has 3 nitrogen and oxygen atoms in total. The minimum atomic E-state index is 0.150. The Morgan fingerprint density at radius 1 is 1.29 bits per heavy atom. The van der Waals surface area contributed by atoms with Gasteiger partial charge >= 0.3 is 0 Å². The van der Waals surface area contributed by atoms with Crippen molar-refractivity contribution in [1.82, 2.24) is 10.2 Å². The number of piperazine rings is 1. The van der Waals surface area contributed by atoms with Crippen molar-refractivity contribution < 1.29 is 0 Å². The van der Waals surface area contributed by atoms with Crippen LogP contribution in [0.2, 0.25) is 0 Å². The molecule has 1 fully saturated rings. The summed E-state index contributed by atoms with van der Waals surface area (Å²) in [6.45, 7) is 13.1. The van der Waals surface area contributed by atoms with Crippen molar-refractivity contribution in [2.45, 2.75) is 45.8 Å². The van der Waals surface area contributed by atoms with E-state index in [9.17, 15) is 0 Å². The fraction of sp³-hybridized carbons (Fsp3) is 0.647. The van der Waals surface area contributed by atoms with Crippen LogP contribution in [0, 0.1) is 0 Å². The summed E-state index contributed by atoms with van der Waals surface area (Å²) in [6.07, 6.45) is 0. The van der Waals surface area contributed by atoms with Crippen LogP contribution in [0.1, 0.15) is 33.3 Å². The highest BCUT2D eigenvalue weighted by Crippen LogP contribution is 2.30. The Hall–Kier alpha value is -0.580. The maximum absolute atomic E-state index is 3.76. The van der Waals surface area contributed by atoms with Gasteiger partial charge in [0, 0.05) is 42.2 Å². The van der Waals surface area contributed by atoms with E-state index in [0.717, 1.165) is 26.2 Å². The fourth-order valence-electron chi connectivity index (χ4n) is 2.76. The molecule has 1 atom stereocenters. The van der Waals surface area contributed by atoms with Gasteiger partial charge in [-0.25, -0.2) is 0 Å². The summed E-state index contributed by atoms with van der Waals surface area (Å²) < 4.78 is 1.20.